The summed E-state index contributed by atoms with van der Waals surface area (Å²) >= 11 is 2.68. The van der Waals surface area contributed by atoms with Crippen LogP contribution in [0.2, 0.25) is 0 Å². The van der Waals surface area contributed by atoms with Gasteiger partial charge < -0.3 is 5.11 Å². The number of aliphatic carboxylic acids is 1. The third kappa shape index (κ3) is 3.81. The highest BCUT2D eigenvalue weighted by Gasteiger charge is 2.40. The Hall–Kier alpha value is -1.44. The summed E-state index contributed by atoms with van der Waals surface area (Å²) in [5.41, 5.74) is -0.365. The van der Waals surface area contributed by atoms with Gasteiger partial charge in [0.2, 0.25) is 0 Å². The summed E-state index contributed by atoms with van der Waals surface area (Å²) in [7, 11) is 0. The Bertz CT molecular complexity index is 563. The quantitative estimate of drug-likeness (QED) is 0.727. The molecular formula is C14H17N3O2S2. The molecule has 2 aromatic rings. The summed E-state index contributed by atoms with van der Waals surface area (Å²) in [6.45, 7) is 2.65. The molecule has 1 aromatic carbocycles. The van der Waals surface area contributed by atoms with Crippen LogP contribution in [0.15, 0.2) is 41.0 Å². The molecule has 1 atom stereocenters. The van der Waals surface area contributed by atoms with Crippen molar-refractivity contribution >= 4 is 29.3 Å². The van der Waals surface area contributed by atoms with Crippen molar-refractivity contribution in [2.75, 3.05) is 12.3 Å². The third-order valence-electron chi connectivity index (χ3n) is 3.06. The Balaban J connectivity index is 2.28. The maximum Gasteiger partial charge on any atom is 0.329 e. The summed E-state index contributed by atoms with van der Waals surface area (Å²) in [6.07, 6.45) is 2.35. The number of hydrogen-bond donors (Lipinski definition) is 2. The van der Waals surface area contributed by atoms with Crippen molar-refractivity contribution in [3.8, 4) is 0 Å². The van der Waals surface area contributed by atoms with E-state index in [0.29, 0.717) is 12.3 Å². The van der Waals surface area contributed by atoms with Crippen molar-refractivity contribution in [2.45, 2.75) is 23.2 Å². The van der Waals surface area contributed by atoms with E-state index in [2.05, 4.69) is 14.7 Å². The standard InChI is InChI=1S/C14H17N3O2S2/c1-2-8-16-14(12(18)19,11-6-4-3-5-7-11)9-20-13-15-10-17-21-13/h3-7,10,16H,2,8-9H2,1H3,(H,18,19). The Labute approximate surface area is 132 Å². The van der Waals surface area contributed by atoms with E-state index < -0.39 is 11.5 Å². The number of rotatable bonds is 8. The molecule has 0 saturated heterocycles. The lowest BCUT2D eigenvalue weighted by atomic mass is 9.91. The van der Waals surface area contributed by atoms with Crippen LogP contribution in [-0.4, -0.2) is 32.7 Å². The fourth-order valence-electron chi connectivity index (χ4n) is 1.95. The monoisotopic (exact) mass is 323 g/mol. The minimum absolute atomic E-state index is 0.363. The number of carboxylic acid groups (broad SMARTS) is 1. The van der Waals surface area contributed by atoms with E-state index in [0.717, 1.165) is 16.3 Å². The lowest BCUT2D eigenvalue weighted by Crippen LogP contribution is -2.51. The maximum absolute atomic E-state index is 12.0. The third-order valence-corrected chi connectivity index (χ3v) is 5.03. The summed E-state index contributed by atoms with van der Waals surface area (Å²) in [5, 5.41) is 13.0. The Kier molecular flexibility index (Phi) is 5.72. The molecule has 0 fully saturated rings. The van der Waals surface area contributed by atoms with Gasteiger partial charge in [-0.05, 0) is 30.1 Å². The highest BCUT2D eigenvalue weighted by molar-refractivity contribution is 8.01. The molecule has 7 heteroatoms. The summed E-state index contributed by atoms with van der Waals surface area (Å²) in [5.74, 6) is -0.513. The molecule has 1 aromatic heterocycles. The average Bonchev–Trinajstić information content (AvgIpc) is 3.02. The molecule has 5 nitrogen and oxygen atoms in total. The van der Waals surface area contributed by atoms with Crippen LogP contribution < -0.4 is 5.32 Å². The predicted molar refractivity (Wildman–Crippen MR) is 84.7 cm³/mol. The zero-order valence-corrected chi connectivity index (χ0v) is 13.3. The number of benzene rings is 1. The van der Waals surface area contributed by atoms with E-state index in [1.165, 1.54) is 29.6 Å². The van der Waals surface area contributed by atoms with Gasteiger partial charge in [-0.25, -0.2) is 9.78 Å². The zero-order valence-electron chi connectivity index (χ0n) is 11.7. The van der Waals surface area contributed by atoms with Crippen LogP contribution in [0.5, 0.6) is 0 Å². The second-order valence-electron chi connectivity index (χ2n) is 4.50. The lowest BCUT2D eigenvalue weighted by Gasteiger charge is -2.30. The van der Waals surface area contributed by atoms with Crippen LogP contribution in [0.4, 0.5) is 0 Å². The smallest absolute Gasteiger partial charge is 0.329 e. The first-order valence-electron chi connectivity index (χ1n) is 6.62. The summed E-state index contributed by atoms with van der Waals surface area (Å²) < 4.78 is 4.72. The van der Waals surface area contributed by atoms with Crippen molar-refractivity contribution in [3.05, 3.63) is 42.2 Å². The number of carbonyl (C=O) groups is 1. The first-order chi connectivity index (χ1) is 10.2. The van der Waals surface area contributed by atoms with E-state index >= 15 is 0 Å². The molecule has 0 bridgehead atoms. The number of hydrogen-bond acceptors (Lipinski definition) is 6. The molecule has 0 spiro atoms. The molecular weight excluding hydrogens is 306 g/mol. The fourth-order valence-corrected chi connectivity index (χ4v) is 3.60. The SMILES string of the molecule is CCCNC(CSc1ncns1)(C(=O)O)c1ccccc1. The largest absolute Gasteiger partial charge is 0.480 e. The molecule has 0 aliphatic carbocycles. The van der Waals surface area contributed by atoms with Crippen LogP contribution in [0, 0.1) is 0 Å². The van der Waals surface area contributed by atoms with Gasteiger partial charge in [0.25, 0.3) is 0 Å². The second kappa shape index (κ2) is 7.53. The molecule has 0 saturated carbocycles. The molecule has 2 rings (SSSR count). The second-order valence-corrected chi connectivity index (χ2v) is 6.50. The van der Waals surface area contributed by atoms with Gasteiger partial charge in [-0.15, -0.1) is 0 Å². The van der Waals surface area contributed by atoms with Crippen molar-refractivity contribution in [1.29, 1.82) is 0 Å². The molecule has 112 valence electrons. The van der Waals surface area contributed by atoms with Gasteiger partial charge in [0.15, 0.2) is 9.88 Å². The van der Waals surface area contributed by atoms with Crippen molar-refractivity contribution in [1.82, 2.24) is 14.7 Å². The highest BCUT2D eigenvalue weighted by atomic mass is 32.2. The van der Waals surface area contributed by atoms with Gasteiger partial charge >= 0.3 is 5.97 Å². The van der Waals surface area contributed by atoms with Crippen molar-refractivity contribution < 1.29 is 9.90 Å². The topological polar surface area (TPSA) is 75.1 Å². The Morgan fingerprint density at radius 3 is 2.76 bits per heavy atom. The molecule has 1 heterocycles. The number of nitrogens with one attached hydrogen (secondary N) is 1. The van der Waals surface area contributed by atoms with Gasteiger partial charge in [-0.3, -0.25) is 5.32 Å². The van der Waals surface area contributed by atoms with E-state index in [9.17, 15) is 9.90 Å². The maximum atomic E-state index is 12.0. The Morgan fingerprint density at radius 1 is 1.43 bits per heavy atom. The molecule has 0 radical (unpaired) electrons. The van der Waals surface area contributed by atoms with E-state index in [4.69, 9.17) is 0 Å². The normalized spacial score (nSPS) is 13.8. The average molecular weight is 323 g/mol. The molecule has 21 heavy (non-hydrogen) atoms. The van der Waals surface area contributed by atoms with Gasteiger partial charge in [0.1, 0.15) is 6.33 Å². The van der Waals surface area contributed by atoms with Crippen LogP contribution >= 0.6 is 23.3 Å². The van der Waals surface area contributed by atoms with Crippen LogP contribution in [0.25, 0.3) is 0 Å². The molecule has 0 aliphatic heterocycles. The van der Waals surface area contributed by atoms with Gasteiger partial charge in [0, 0.05) is 5.75 Å². The number of carboxylic acids is 1. The minimum atomic E-state index is -1.12. The van der Waals surface area contributed by atoms with Gasteiger partial charge in [0.05, 0.1) is 0 Å². The predicted octanol–water partition coefficient (Wildman–Crippen LogP) is 2.61. The summed E-state index contributed by atoms with van der Waals surface area (Å²) in [4.78, 5) is 16.1. The van der Waals surface area contributed by atoms with Gasteiger partial charge in [-0.1, -0.05) is 49.0 Å². The number of nitrogens with zero attached hydrogens (tertiary/aromatic N) is 2. The van der Waals surface area contributed by atoms with E-state index in [-0.39, 0.29) is 0 Å². The zero-order chi connectivity index (χ0) is 15.1. The molecule has 1 unspecified atom stereocenters. The van der Waals surface area contributed by atoms with Gasteiger partial charge in [-0.2, -0.15) is 4.37 Å². The first kappa shape index (κ1) is 15.9. The first-order valence-corrected chi connectivity index (χ1v) is 8.38. The molecule has 0 amide bonds. The van der Waals surface area contributed by atoms with Crippen LogP contribution in [-0.2, 0) is 10.3 Å². The molecule has 2 N–H and O–H groups in total. The molecule has 0 aliphatic rings. The van der Waals surface area contributed by atoms with Crippen LogP contribution in [0.1, 0.15) is 18.9 Å². The van der Waals surface area contributed by atoms with Crippen molar-refractivity contribution in [2.24, 2.45) is 0 Å². The van der Waals surface area contributed by atoms with Crippen molar-refractivity contribution in [3.63, 3.8) is 0 Å². The highest BCUT2D eigenvalue weighted by Crippen LogP contribution is 2.30. The number of thioether (sulfide) groups is 1. The summed E-state index contributed by atoms with van der Waals surface area (Å²) in [6, 6.07) is 9.29. The minimum Gasteiger partial charge on any atom is -0.480 e. The lowest BCUT2D eigenvalue weighted by molar-refractivity contribution is -0.144. The fraction of sp³-hybridized carbons (Fsp3) is 0.357. The Morgan fingerprint density at radius 2 is 2.19 bits per heavy atom. The van der Waals surface area contributed by atoms with E-state index in [1.54, 1.807) is 0 Å². The van der Waals surface area contributed by atoms with E-state index in [1.807, 2.05) is 37.3 Å². The number of aromatic nitrogens is 2. The van der Waals surface area contributed by atoms with Crippen LogP contribution in [0.3, 0.4) is 0 Å².